The highest BCUT2D eigenvalue weighted by Crippen LogP contribution is 2.28. The quantitative estimate of drug-likeness (QED) is 0.621. The van der Waals surface area contributed by atoms with Gasteiger partial charge in [-0.3, -0.25) is 0 Å². The number of aromatic nitrogens is 1. The van der Waals surface area contributed by atoms with Crippen LogP contribution >= 0.6 is 22.6 Å². The van der Waals surface area contributed by atoms with E-state index in [9.17, 15) is 4.79 Å². The molecule has 0 N–H and O–H groups in total. The van der Waals surface area contributed by atoms with E-state index < -0.39 is 5.97 Å². The van der Waals surface area contributed by atoms with Gasteiger partial charge < -0.3 is 9.47 Å². The molecule has 0 saturated carbocycles. The molecule has 2 rings (SSSR count). The Morgan fingerprint density at radius 2 is 2.00 bits per heavy atom. The van der Waals surface area contributed by atoms with Crippen LogP contribution in [0.2, 0.25) is 0 Å². The van der Waals surface area contributed by atoms with Crippen molar-refractivity contribution in [3.05, 3.63) is 33.5 Å². The second-order valence-electron chi connectivity index (χ2n) is 3.33. The second-order valence-corrected chi connectivity index (χ2v) is 4.50. The number of hydrogen-bond donors (Lipinski definition) is 0. The van der Waals surface area contributed by atoms with E-state index >= 15 is 0 Å². The third-order valence-corrected chi connectivity index (χ3v) is 3.32. The Morgan fingerprint density at radius 3 is 2.65 bits per heavy atom. The maximum absolute atomic E-state index is 11.4. The van der Waals surface area contributed by atoms with Crippen LogP contribution < -0.4 is 4.74 Å². The van der Waals surface area contributed by atoms with E-state index in [-0.39, 0.29) is 5.69 Å². The number of carbonyl (C=O) groups is 1. The molecule has 0 amide bonds. The molecule has 88 valence electrons. The topological polar surface area (TPSA) is 48.4 Å². The van der Waals surface area contributed by atoms with Crippen molar-refractivity contribution in [3.63, 3.8) is 0 Å². The van der Waals surface area contributed by atoms with Crippen LogP contribution in [-0.2, 0) is 4.74 Å². The Hall–Kier alpha value is -1.37. The minimum absolute atomic E-state index is 0.278. The van der Waals surface area contributed by atoms with Gasteiger partial charge in [-0.2, -0.15) is 0 Å². The number of ether oxygens (including phenoxy) is 2. The van der Waals surface area contributed by atoms with Crippen LogP contribution in [-0.4, -0.2) is 25.2 Å². The third-order valence-electron chi connectivity index (χ3n) is 2.38. The molecule has 2 aromatic rings. The molecule has 1 aromatic carbocycles. The van der Waals surface area contributed by atoms with Crippen LogP contribution in [0.15, 0.2) is 24.3 Å². The SMILES string of the molecule is COC(=O)c1ccc2c(I)ccc(OC)c2n1. The highest BCUT2D eigenvalue weighted by Gasteiger charge is 2.12. The number of fused-ring (bicyclic) bond motifs is 1. The Kier molecular flexibility index (Phi) is 3.46. The highest BCUT2D eigenvalue weighted by molar-refractivity contribution is 14.1. The summed E-state index contributed by atoms with van der Waals surface area (Å²) in [4.78, 5) is 15.7. The van der Waals surface area contributed by atoms with Gasteiger partial charge in [-0.1, -0.05) is 0 Å². The third kappa shape index (κ3) is 2.19. The average molecular weight is 343 g/mol. The fourth-order valence-corrected chi connectivity index (χ4v) is 2.16. The Morgan fingerprint density at radius 1 is 1.24 bits per heavy atom. The zero-order chi connectivity index (χ0) is 12.4. The number of benzene rings is 1. The number of pyridine rings is 1. The van der Waals surface area contributed by atoms with Crippen molar-refractivity contribution in [1.29, 1.82) is 0 Å². The van der Waals surface area contributed by atoms with Crippen LogP contribution in [0.1, 0.15) is 10.5 Å². The number of nitrogens with zero attached hydrogens (tertiary/aromatic N) is 1. The summed E-state index contributed by atoms with van der Waals surface area (Å²) in [5.74, 6) is 0.194. The zero-order valence-corrected chi connectivity index (χ0v) is 11.5. The van der Waals surface area contributed by atoms with E-state index in [0.29, 0.717) is 11.3 Å². The smallest absolute Gasteiger partial charge is 0.356 e. The lowest BCUT2D eigenvalue weighted by Gasteiger charge is -2.07. The fourth-order valence-electron chi connectivity index (χ4n) is 1.54. The van der Waals surface area contributed by atoms with Crippen molar-refractivity contribution in [1.82, 2.24) is 4.98 Å². The summed E-state index contributed by atoms with van der Waals surface area (Å²) in [6.45, 7) is 0. The molecule has 1 aromatic heterocycles. The first-order chi connectivity index (χ1) is 8.17. The lowest BCUT2D eigenvalue weighted by atomic mass is 10.2. The van der Waals surface area contributed by atoms with E-state index in [1.807, 2.05) is 18.2 Å². The summed E-state index contributed by atoms with van der Waals surface area (Å²) in [7, 11) is 2.91. The number of esters is 1. The number of methoxy groups -OCH3 is 2. The number of carbonyl (C=O) groups excluding carboxylic acids is 1. The molecule has 17 heavy (non-hydrogen) atoms. The van der Waals surface area contributed by atoms with Gasteiger partial charge in [0.05, 0.1) is 14.2 Å². The molecule has 4 nitrogen and oxygen atoms in total. The minimum atomic E-state index is -0.451. The van der Waals surface area contributed by atoms with E-state index in [1.54, 1.807) is 13.2 Å². The maximum atomic E-state index is 11.4. The molecule has 0 aliphatic carbocycles. The molecular weight excluding hydrogens is 333 g/mol. The molecule has 0 fully saturated rings. The number of hydrogen-bond acceptors (Lipinski definition) is 4. The normalized spacial score (nSPS) is 10.3. The molecule has 0 aliphatic rings. The van der Waals surface area contributed by atoms with Crippen molar-refractivity contribution in [2.45, 2.75) is 0 Å². The standard InChI is InChI=1S/C12H10INO3/c1-16-10-6-4-8(13)7-3-5-9(12(15)17-2)14-11(7)10/h3-6H,1-2H3. The van der Waals surface area contributed by atoms with Crippen molar-refractivity contribution >= 4 is 39.5 Å². The monoisotopic (exact) mass is 343 g/mol. The fraction of sp³-hybridized carbons (Fsp3) is 0.167. The summed E-state index contributed by atoms with van der Waals surface area (Å²) in [6, 6.07) is 7.27. The van der Waals surface area contributed by atoms with Crippen LogP contribution in [0, 0.1) is 3.57 Å². The Bertz CT molecular complexity index is 583. The predicted octanol–water partition coefficient (Wildman–Crippen LogP) is 2.63. The lowest BCUT2D eigenvalue weighted by Crippen LogP contribution is -2.04. The summed E-state index contributed by atoms with van der Waals surface area (Å²) in [6.07, 6.45) is 0. The summed E-state index contributed by atoms with van der Waals surface area (Å²) < 4.78 is 10.9. The maximum Gasteiger partial charge on any atom is 0.356 e. The van der Waals surface area contributed by atoms with Gasteiger partial charge in [-0.15, -0.1) is 0 Å². The van der Waals surface area contributed by atoms with E-state index in [2.05, 4.69) is 32.3 Å². The van der Waals surface area contributed by atoms with Crippen LogP contribution in [0.25, 0.3) is 10.9 Å². The van der Waals surface area contributed by atoms with Gasteiger partial charge in [-0.05, 0) is 46.9 Å². The first-order valence-electron chi connectivity index (χ1n) is 4.89. The van der Waals surface area contributed by atoms with Gasteiger partial charge in [0.1, 0.15) is 17.0 Å². The van der Waals surface area contributed by atoms with Crippen molar-refractivity contribution in [3.8, 4) is 5.75 Å². The molecule has 0 spiro atoms. The summed E-state index contributed by atoms with van der Waals surface area (Å²) in [5.41, 5.74) is 0.947. The van der Waals surface area contributed by atoms with Crippen molar-refractivity contribution in [2.75, 3.05) is 14.2 Å². The second kappa shape index (κ2) is 4.87. The van der Waals surface area contributed by atoms with Gasteiger partial charge in [0, 0.05) is 8.96 Å². The van der Waals surface area contributed by atoms with E-state index in [1.165, 1.54) is 7.11 Å². The van der Waals surface area contributed by atoms with Gasteiger partial charge in [0.15, 0.2) is 0 Å². The lowest BCUT2D eigenvalue weighted by molar-refractivity contribution is 0.0594. The minimum Gasteiger partial charge on any atom is -0.494 e. The van der Waals surface area contributed by atoms with Crippen LogP contribution in [0.5, 0.6) is 5.75 Å². The number of rotatable bonds is 2. The number of halogens is 1. The van der Waals surface area contributed by atoms with Gasteiger partial charge in [-0.25, -0.2) is 9.78 Å². The average Bonchev–Trinajstić information content (AvgIpc) is 2.38. The van der Waals surface area contributed by atoms with Gasteiger partial charge in [0.2, 0.25) is 0 Å². The first-order valence-corrected chi connectivity index (χ1v) is 5.97. The molecule has 0 atom stereocenters. The summed E-state index contributed by atoms with van der Waals surface area (Å²) in [5, 5.41) is 0.956. The molecule has 0 bridgehead atoms. The van der Waals surface area contributed by atoms with E-state index in [4.69, 9.17) is 4.74 Å². The van der Waals surface area contributed by atoms with Gasteiger partial charge in [0.25, 0.3) is 0 Å². The highest BCUT2D eigenvalue weighted by atomic mass is 127. The van der Waals surface area contributed by atoms with Crippen molar-refractivity contribution < 1.29 is 14.3 Å². The molecule has 1 heterocycles. The van der Waals surface area contributed by atoms with Crippen LogP contribution in [0.4, 0.5) is 0 Å². The molecule has 0 radical (unpaired) electrons. The largest absolute Gasteiger partial charge is 0.494 e. The molecule has 5 heteroatoms. The first kappa shape index (κ1) is 12.1. The molecular formula is C12H10INO3. The van der Waals surface area contributed by atoms with Crippen LogP contribution in [0.3, 0.4) is 0 Å². The molecule has 0 saturated heterocycles. The Labute approximate surface area is 112 Å². The van der Waals surface area contributed by atoms with E-state index in [0.717, 1.165) is 8.96 Å². The van der Waals surface area contributed by atoms with Crippen molar-refractivity contribution in [2.24, 2.45) is 0 Å². The Balaban J connectivity index is 2.70. The van der Waals surface area contributed by atoms with Gasteiger partial charge >= 0.3 is 5.97 Å². The molecule has 0 aliphatic heterocycles. The zero-order valence-electron chi connectivity index (χ0n) is 9.36. The summed E-state index contributed by atoms with van der Waals surface area (Å²) >= 11 is 2.22. The molecule has 0 unspecified atom stereocenters. The predicted molar refractivity (Wildman–Crippen MR) is 72.4 cm³/mol.